The van der Waals surface area contributed by atoms with E-state index < -0.39 is 29.1 Å². The molecule has 0 saturated carbocycles. The second-order valence-corrected chi connectivity index (χ2v) is 4.71. The van der Waals surface area contributed by atoms with Crippen LogP contribution in [-0.2, 0) is 5.67 Å². The number of hydrogen-bond acceptors (Lipinski definition) is 1. The Labute approximate surface area is 109 Å². The fourth-order valence-corrected chi connectivity index (χ4v) is 2.11. The number of hydrogen-bond donors (Lipinski definition) is 0. The first-order valence-electron chi connectivity index (χ1n) is 4.92. The van der Waals surface area contributed by atoms with E-state index in [1.54, 1.807) is 6.26 Å². The van der Waals surface area contributed by atoms with Gasteiger partial charge in [0, 0.05) is 10.5 Å². The van der Waals surface area contributed by atoms with Crippen LogP contribution < -0.4 is 0 Å². The lowest BCUT2D eigenvalue weighted by Gasteiger charge is -2.31. The second-order valence-electron chi connectivity index (χ2n) is 3.83. The van der Waals surface area contributed by atoms with Crippen LogP contribution in [0.2, 0.25) is 0 Å². The Bertz CT molecular complexity index is 447. The van der Waals surface area contributed by atoms with E-state index >= 15 is 0 Å². The molecule has 19 heavy (non-hydrogen) atoms. The summed E-state index contributed by atoms with van der Waals surface area (Å²) in [6.45, 7) is 1.01. The molecule has 0 saturated heterocycles. The molecule has 0 spiro atoms. The van der Waals surface area contributed by atoms with E-state index in [0.29, 0.717) is 11.0 Å². The largest absolute Gasteiger partial charge is 0.435 e. The number of alkyl halides is 7. The predicted octanol–water partition coefficient (Wildman–Crippen LogP) is 5.01. The minimum Gasteiger partial charge on any atom is -0.218 e. The quantitative estimate of drug-likeness (QED) is 0.547. The maximum Gasteiger partial charge on any atom is 0.435 e. The maximum atomic E-state index is 13.8. The van der Waals surface area contributed by atoms with Gasteiger partial charge in [0.1, 0.15) is 0 Å². The molecule has 0 radical (unpaired) electrons. The molecule has 0 fully saturated rings. The van der Waals surface area contributed by atoms with Crippen molar-refractivity contribution in [1.29, 1.82) is 0 Å². The number of aryl methyl sites for hydroxylation is 1. The van der Waals surface area contributed by atoms with Crippen molar-refractivity contribution in [3.05, 3.63) is 29.3 Å². The highest BCUT2D eigenvalue weighted by Crippen LogP contribution is 2.54. The van der Waals surface area contributed by atoms with Crippen molar-refractivity contribution in [1.82, 2.24) is 0 Å². The Hall–Kier alpha value is -0.920. The molecule has 108 valence electrons. The zero-order chi connectivity index (χ0) is 15.1. The molecule has 0 atom stereocenters. The number of benzene rings is 1. The second kappa shape index (κ2) is 4.88. The lowest BCUT2D eigenvalue weighted by atomic mass is 9.90. The molecular weight excluding hydrogens is 297 g/mol. The molecule has 1 rings (SSSR count). The van der Waals surface area contributed by atoms with E-state index in [-0.39, 0.29) is 0 Å². The topological polar surface area (TPSA) is 0 Å². The highest BCUT2D eigenvalue weighted by Gasteiger charge is 2.73. The maximum absolute atomic E-state index is 13.8. The summed E-state index contributed by atoms with van der Waals surface area (Å²) in [4.78, 5) is 0.452. The molecule has 1 aromatic carbocycles. The molecule has 0 bridgehead atoms. The van der Waals surface area contributed by atoms with Gasteiger partial charge in [0.15, 0.2) is 0 Å². The summed E-state index contributed by atoms with van der Waals surface area (Å²) in [7, 11) is 0. The Kier molecular flexibility index (Phi) is 4.15. The van der Waals surface area contributed by atoms with Gasteiger partial charge in [-0.15, -0.1) is 11.8 Å². The van der Waals surface area contributed by atoms with E-state index in [9.17, 15) is 30.7 Å². The molecule has 0 aromatic heterocycles. The monoisotopic (exact) mass is 306 g/mol. The average molecular weight is 306 g/mol. The van der Waals surface area contributed by atoms with Gasteiger partial charge in [-0.05, 0) is 30.9 Å². The van der Waals surface area contributed by atoms with Gasteiger partial charge in [0.2, 0.25) is 0 Å². The van der Waals surface area contributed by atoms with Crippen molar-refractivity contribution in [3.63, 3.8) is 0 Å². The summed E-state index contributed by atoms with van der Waals surface area (Å²) in [5.74, 6) is 0. The first-order valence-corrected chi connectivity index (χ1v) is 6.15. The Morgan fingerprint density at radius 2 is 1.37 bits per heavy atom. The van der Waals surface area contributed by atoms with Crippen LogP contribution in [0.5, 0.6) is 0 Å². The normalized spacial score (nSPS) is 13.7. The zero-order valence-corrected chi connectivity index (χ0v) is 10.6. The van der Waals surface area contributed by atoms with E-state index in [2.05, 4.69) is 0 Å². The molecule has 1 aromatic rings. The van der Waals surface area contributed by atoms with Gasteiger partial charge in [-0.2, -0.15) is 26.3 Å². The minimum absolute atomic E-state index is 0.399. The highest BCUT2D eigenvalue weighted by atomic mass is 32.2. The number of halogens is 7. The average Bonchev–Trinajstić information content (AvgIpc) is 2.24. The van der Waals surface area contributed by atoms with Crippen molar-refractivity contribution in [2.75, 3.05) is 6.26 Å². The van der Waals surface area contributed by atoms with E-state index in [4.69, 9.17) is 0 Å². The van der Waals surface area contributed by atoms with E-state index in [1.807, 2.05) is 0 Å². The van der Waals surface area contributed by atoms with Crippen LogP contribution in [0.15, 0.2) is 23.1 Å². The van der Waals surface area contributed by atoms with Gasteiger partial charge < -0.3 is 0 Å². The lowest BCUT2D eigenvalue weighted by molar-refractivity contribution is -0.348. The standard InChI is InChI=1S/C11H9F7S/c1-6-5-7(19-2)3-4-8(6)9(12,10(13,14)15)11(16,17)18/h3-5H,1-2H3. The summed E-state index contributed by atoms with van der Waals surface area (Å²) in [5.41, 5.74) is -7.18. The predicted molar refractivity (Wildman–Crippen MR) is 57.9 cm³/mol. The van der Waals surface area contributed by atoms with Gasteiger partial charge in [0.05, 0.1) is 0 Å². The van der Waals surface area contributed by atoms with Crippen molar-refractivity contribution < 1.29 is 30.7 Å². The van der Waals surface area contributed by atoms with E-state index in [0.717, 1.165) is 30.8 Å². The van der Waals surface area contributed by atoms with Crippen LogP contribution in [0.4, 0.5) is 30.7 Å². The molecule has 0 aliphatic rings. The van der Waals surface area contributed by atoms with Gasteiger partial charge in [-0.25, -0.2) is 4.39 Å². The van der Waals surface area contributed by atoms with Crippen LogP contribution in [0.3, 0.4) is 0 Å². The number of rotatable bonds is 2. The van der Waals surface area contributed by atoms with Crippen LogP contribution >= 0.6 is 11.8 Å². The molecule has 0 N–H and O–H groups in total. The first kappa shape index (κ1) is 16.1. The van der Waals surface area contributed by atoms with Crippen molar-refractivity contribution in [2.24, 2.45) is 0 Å². The third-order valence-electron chi connectivity index (χ3n) is 2.59. The van der Waals surface area contributed by atoms with Crippen molar-refractivity contribution in [3.8, 4) is 0 Å². The Morgan fingerprint density at radius 1 is 0.895 bits per heavy atom. The van der Waals surface area contributed by atoms with Crippen LogP contribution in [-0.4, -0.2) is 18.6 Å². The van der Waals surface area contributed by atoms with Crippen LogP contribution in [0, 0.1) is 6.92 Å². The van der Waals surface area contributed by atoms with Gasteiger partial charge in [-0.3, -0.25) is 0 Å². The third-order valence-corrected chi connectivity index (χ3v) is 3.31. The van der Waals surface area contributed by atoms with Crippen molar-refractivity contribution >= 4 is 11.8 Å². The smallest absolute Gasteiger partial charge is 0.218 e. The van der Waals surface area contributed by atoms with Gasteiger partial charge in [-0.1, -0.05) is 6.07 Å². The third kappa shape index (κ3) is 2.68. The lowest BCUT2D eigenvalue weighted by Crippen LogP contribution is -2.50. The zero-order valence-electron chi connectivity index (χ0n) is 9.79. The van der Waals surface area contributed by atoms with Crippen molar-refractivity contribution in [2.45, 2.75) is 29.8 Å². The molecule has 0 nitrogen and oxygen atoms in total. The fourth-order valence-electron chi connectivity index (χ4n) is 1.62. The minimum atomic E-state index is -6.07. The Morgan fingerprint density at radius 3 is 1.68 bits per heavy atom. The molecule has 0 amide bonds. The summed E-state index contributed by atoms with van der Waals surface area (Å²) in [6.07, 6.45) is -10.5. The molecule has 0 heterocycles. The van der Waals surface area contributed by atoms with E-state index in [1.165, 1.54) is 0 Å². The SMILES string of the molecule is CSc1ccc(C(F)(C(F)(F)F)C(F)(F)F)c(C)c1. The summed E-state index contributed by atoms with van der Waals surface area (Å²) < 4.78 is 89.1. The first-order chi connectivity index (χ1) is 8.45. The molecular formula is C11H9F7S. The van der Waals surface area contributed by atoms with Crippen LogP contribution in [0.25, 0.3) is 0 Å². The summed E-state index contributed by atoms with van der Waals surface area (Å²) in [6, 6.07) is 2.65. The van der Waals surface area contributed by atoms with Gasteiger partial charge in [0.25, 0.3) is 0 Å². The highest BCUT2D eigenvalue weighted by molar-refractivity contribution is 7.98. The number of thioether (sulfide) groups is 1. The molecule has 0 aliphatic heterocycles. The molecule has 0 aliphatic carbocycles. The summed E-state index contributed by atoms with van der Waals surface area (Å²) in [5, 5.41) is 0. The fraction of sp³-hybridized carbons (Fsp3) is 0.455. The molecule has 0 unspecified atom stereocenters. The summed E-state index contributed by atoms with van der Waals surface area (Å²) >= 11 is 1.13. The Balaban J connectivity index is 3.52. The molecule has 8 heteroatoms. The van der Waals surface area contributed by atoms with Gasteiger partial charge >= 0.3 is 18.0 Å². The van der Waals surface area contributed by atoms with Crippen LogP contribution in [0.1, 0.15) is 11.1 Å².